The van der Waals surface area contributed by atoms with Crippen LogP contribution in [0.1, 0.15) is 47.0 Å². The minimum absolute atomic E-state index is 0.0362. The van der Waals surface area contributed by atoms with Crippen molar-refractivity contribution in [2.45, 2.75) is 59.0 Å². The van der Waals surface area contributed by atoms with E-state index in [-0.39, 0.29) is 11.9 Å². The molecule has 0 aliphatic carbocycles. The largest absolute Gasteiger partial charge is 0.326 e. The molecule has 0 aromatic rings. The van der Waals surface area contributed by atoms with Gasteiger partial charge in [0.05, 0.1) is 12.7 Å². The minimum Gasteiger partial charge on any atom is -0.326 e. The van der Waals surface area contributed by atoms with Crippen molar-refractivity contribution in [2.75, 3.05) is 6.67 Å². The summed E-state index contributed by atoms with van der Waals surface area (Å²) in [6.07, 6.45) is 3.53. The van der Waals surface area contributed by atoms with Crippen molar-refractivity contribution in [3.63, 3.8) is 0 Å². The Morgan fingerprint density at radius 3 is 2.60 bits per heavy atom. The first-order valence-corrected chi connectivity index (χ1v) is 6.11. The van der Waals surface area contributed by atoms with Gasteiger partial charge in [-0.05, 0) is 19.3 Å². The molecule has 1 amide bonds. The molecule has 0 bridgehead atoms. The summed E-state index contributed by atoms with van der Waals surface area (Å²) in [6, 6.07) is 0.419. The molecule has 1 aliphatic heterocycles. The van der Waals surface area contributed by atoms with Crippen LogP contribution in [0.3, 0.4) is 0 Å². The van der Waals surface area contributed by atoms with Crippen molar-refractivity contribution in [3.8, 4) is 0 Å². The average Bonchev–Trinajstić information content (AvgIpc) is 2.56. The lowest BCUT2D eigenvalue weighted by atomic mass is 10.0. The lowest BCUT2D eigenvalue weighted by molar-refractivity contribution is -0.131. The summed E-state index contributed by atoms with van der Waals surface area (Å²) >= 11 is 0. The third-order valence-corrected chi connectivity index (χ3v) is 3.20. The molecule has 1 heterocycles. The van der Waals surface area contributed by atoms with E-state index in [1.54, 1.807) is 0 Å². The van der Waals surface area contributed by atoms with E-state index in [2.05, 4.69) is 33.0 Å². The van der Waals surface area contributed by atoms with Crippen molar-refractivity contribution in [3.05, 3.63) is 0 Å². The van der Waals surface area contributed by atoms with Gasteiger partial charge in [0.25, 0.3) is 0 Å². The quantitative estimate of drug-likeness (QED) is 0.755. The molecule has 0 spiro atoms. The average molecular weight is 212 g/mol. The fourth-order valence-electron chi connectivity index (χ4n) is 2.09. The second-order valence-corrected chi connectivity index (χ2v) is 4.88. The van der Waals surface area contributed by atoms with Crippen LogP contribution in [0, 0.1) is 5.92 Å². The van der Waals surface area contributed by atoms with Gasteiger partial charge in [-0.3, -0.25) is 10.1 Å². The predicted octanol–water partition coefficient (Wildman–Crippen LogP) is 1.98. The maximum atomic E-state index is 12.0. The lowest BCUT2D eigenvalue weighted by Gasteiger charge is -2.24. The number of amides is 1. The maximum absolute atomic E-state index is 12.0. The Kier molecular flexibility index (Phi) is 4.58. The second kappa shape index (κ2) is 5.50. The molecule has 2 unspecified atom stereocenters. The van der Waals surface area contributed by atoms with Crippen LogP contribution < -0.4 is 5.32 Å². The normalized spacial score (nSPS) is 23.9. The summed E-state index contributed by atoms with van der Waals surface area (Å²) in [4.78, 5) is 14.0. The number of nitrogens with zero attached hydrogens (tertiary/aromatic N) is 1. The molecular formula is C12H24N2O. The minimum atomic E-state index is 0.0362. The van der Waals surface area contributed by atoms with E-state index in [0.717, 1.165) is 13.1 Å². The molecular weight excluding hydrogens is 188 g/mol. The predicted molar refractivity (Wildman–Crippen MR) is 62.5 cm³/mol. The zero-order chi connectivity index (χ0) is 11.4. The monoisotopic (exact) mass is 212 g/mol. The van der Waals surface area contributed by atoms with Gasteiger partial charge in [-0.1, -0.05) is 33.6 Å². The van der Waals surface area contributed by atoms with Crippen LogP contribution >= 0.6 is 0 Å². The van der Waals surface area contributed by atoms with Gasteiger partial charge in [0, 0.05) is 6.04 Å². The van der Waals surface area contributed by atoms with E-state index in [0.29, 0.717) is 12.0 Å². The fraction of sp³-hybridized carbons (Fsp3) is 0.917. The maximum Gasteiger partial charge on any atom is 0.241 e. The van der Waals surface area contributed by atoms with Crippen LogP contribution in [0.2, 0.25) is 0 Å². The number of nitrogens with one attached hydrogen (secondary N) is 1. The molecule has 3 nitrogen and oxygen atoms in total. The van der Waals surface area contributed by atoms with Gasteiger partial charge in [-0.25, -0.2) is 0 Å². The van der Waals surface area contributed by atoms with Gasteiger partial charge in [-0.2, -0.15) is 0 Å². The molecule has 1 saturated heterocycles. The number of rotatable bonds is 5. The highest BCUT2D eigenvalue weighted by molar-refractivity contribution is 5.84. The molecule has 1 rings (SSSR count). The van der Waals surface area contributed by atoms with E-state index in [1.165, 1.54) is 12.8 Å². The summed E-state index contributed by atoms with van der Waals surface area (Å²) in [5.74, 6) is 0.675. The van der Waals surface area contributed by atoms with Gasteiger partial charge in [0.1, 0.15) is 0 Å². The SMILES string of the molecule is CCCCC(C)N1CNC(C(C)C)C1=O. The first-order valence-electron chi connectivity index (χ1n) is 6.11. The lowest BCUT2D eigenvalue weighted by Crippen LogP contribution is -2.38. The standard InChI is InChI=1S/C12H24N2O/c1-5-6-7-10(4)14-8-13-11(9(2)3)12(14)15/h9-11,13H,5-8H2,1-4H3. The van der Waals surface area contributed by atoms with Crippen molar-refractivity contribution < 1.29 is 4.79 Å². The molecule has 15 heavy (non-hydrogen) atoms. The third-order valence-electron chi connectivity index (χ3n) is 3.20. The van der Waals surface area contributed by atoms with Crippen LogP contribution in [0.5, 0.6) is 0 Å². The molecule has 1 fully saturated rings. The number of unbranched alkanes of at least 4 members (excludes halogenated alkanes) is 1. The zero-order valence-corrected chi connectivity index (χ0v) is 10.4. The Balaban J connectivity index is 2.48. The molecule has 2 atom stereocenters. The first-order chi connectivity index (χ1) is 7.07. The third kappa shape index (κ3) is 2.94. The molecule has 0 radical (unpaired) electrons. The van der Waals surface area contributed by atoms with Gasteiger partial charge >= 0.3 is 0 Å². The number of hydrogen-bond donors (Lipinski definition) is 1. The van der Waals surface area contributed by atoms with E-state index in [4.69, 9.17) is 0 Å². The molecule has 1 aliphatic rings. The van der Waals surface area contributed by atoms with E-state index in [1.807, 2.05) is 4.90 Å². The molecule has 0 saturated carbocycles. The Morgan fingerprint density at radius 1 is 1.47 bits per heavy atom. The van der Waals surface area contributed by atoms with E-state index in [9.17, 15) is 4.79 Å². The summed E-state index contributed by atoms with van der Waals surface area (Å²) in [6.45, 7) is 9.25. The Hall–Kier alpha value is -0.570. The van der Waals surface area contributed by atoms with Crippen molar-refractivity contribution in [1.82, 2.24) is 10.2 Å². The molecule has 0 aromatic carbocycles. The molecule has 3 heteroatoms. The van der Waals surface area contributed by atoms with E-state index >= 15 is 0 Å². The van der Waals surface area contributed by atoms with Gasteiger partial charge in [0.15, 0.2) is 0 Å². The topological polar surface area (TPSA) is 32.3 Å². The zero-order valence-electron chi connectivity index (χ0n) is 10.4. The number of hydrogen-bond acceptors (Lipinski definition) is 2. The highest BCUT2D eigenvalue weighted by Gasteiger charge is 2.35. The Morgan fingerprint density at radius 2 is 2.13 bits per heavy atom. The number of carbonyl (C=O) groups is 1. The number of carbonyl (C=O) groups excluding carboxylic acids is 1. The summed E-state index contributed by atoms with van der Waals surface area (Å²) in [7, 11) is 0. The molecule has 1 N–H and O–H groups in total. The van der Waals surface area contributed by atoms with Crippen LogP contribution in [0.25, 0.3) is 0 Å². The molecule has 0 aromatic heterocycles. The van der Waals surface area contributed by atoms with Crippen molar-refractivity contribution >= 4 is 5.91 Å². The summed E-state index contributed by atoms with van der Waals surface area (Å²) in [5.41, 5.74) is 0. The van der Waals surface area contributed by atoms with Gasteiger partial charge < -0.3 is 4.90 Å². The van der Waals surface area contributed by atoms with Crippen LogP contribution in [0.15, 0.2) is 0 Å². The highest BCUT2D eigenvalue weighted by atomic mass is 16.2. The fourth-order valence-corrected chi connectivity index (χ4v) is 2.09. The Bertz CT molecular complexity index is 216. The van der Waals surface area contributed by atoms with Crippen molar-refractivity contribution in [1.29, 1.82) is 0 Å². The van der Waals surface area contributed by atoms with Crippen molar-refractivity contribution in [2.24, 2.45) is 5.92 Å². The van der Waals surface area contributed by atoms with E-state index < -0.39 is 0 Å². The van der Waals surface area contributed by atoms with Gasteiger partial charge in [0.2, 0.25) is 5.91 Å². The smallest absolute Gasteiger partial charge is 0.241 e. The van der Waals surface area contributed by atoms with Gasteiger partial charge in [-0.15, -0.1) is 0 Å². The van der Waals surface area contributed by atoms with Crippen LogP contribution in [0.4, 0.5) is 0 Å². The second-order valence-electron chi connectivity index (χ2n) is 4.88. The Labute approximate surface area is 93.2 Å². The molecule has 88 valence electrons. The van der Waals surface area contributed by atoms with Crippen LogP contribution in [-0.2, 0) is 4.79 Å². The summed E-state index contributed by atoms with van der Waals surface area (Å²) < 4.78 is 0. The summed E-state index contributed by atoms with van der Waals surface area (Å²) in [5, 5.41) is 3.29. The first kappa shape index (κ1) is 12.5. The van der Waals surface area contributed by atoms with Crippen LogP contribution in [-0.4, -0.2) is 29.6 Å². The highest BCUT2D eigenvalue weighted by Crippen LogP contribution is 2.17.